The first-order valence-corrected chi connectivity index (χ1v) is 7.29. The molecule has 1 rings (SSSR count). The van der Waals surface area contributed by atoms with Crippen LogP contribution in [0.3, 0.4) is 0 Å². The molecule has 2 N–H and O–H groups in total. The van der Waals surface area contributed by atoms with Crippen molar-refractivity contribution in [2.24, 2.45) is 0 Å². The second kappa shape index (κ2) is 10.0. The van der Waals surface area contributed by atoms with Crippen LogP contribution in [0.1, 0.15) is 31.2 Å². The maximum absolute atomic E-state index is 11.8. The quantitative estimate of drug-likeness (QED) is 0.647. The minimum absolute atomic E-state index is 0.00405. The Morgan fingerprint density at radius 1 is 1.10 bits per heavy atom. The number of aliphatic hydroxyl groups is 1. The van der Waals surface area contributed by atoms with Gasteiger partial charge in [0.2, 0.25) is 5.91 Å². The molecule has 0 bridgehead atoms. The number of hydrogen-bond donors (Lipinski definition) is 2. The zero-order chi connectivity index (χ0) is 15.5. The fraction of sp³-hybridized carbons (Fsp3) is 0.562. The smallest absolute Gasteiger partial charge is 0.224 e. The Hall–Kier alpha value is -1.75. The fourth-order valence-electron chi connectivity index (χ4n) is 2.06. The summed E-state index contributed by atoms with van der Waals surface area (Å²) in [7, 11) is 3.16. The normalized spacial score (nSPS) is 10.2. The highest BCUT2D eigenvalue weighted by atomic mass is 16.5. The lowest BCUT2D eigenvalue weighted by molar-refractivity contribution is -0.120. The molecule has 0 spiro atoms. The maximum atomic E-state index is 11.8. The second-order valence-electron chi connectivity index (χ2n) is 4.85. The van der Waals surface area contributed by atoms with E-state index < -0.39 is 0 Å². The first kappa shape index (κ1) is 17.3. The van der Waals surface area contributed by atoms with E-state index in [1.165, 1.54) is 0 Å². The van der Waals surface area contributed by atoms with E-state index in [0.717, 1.165) is 31.2 Å². The number of carbonyl (C=O) groups is 1. The van der Waals surface area contributed by atoms with Crippen molar-refractivity contribution in [3.63, 3.8) is 0 Å². The average Bonchev–Trinajstić information content (AvgIpc) is 2.50. The Balaban J connectivity index is 2.34. The number of amides is 1. The summed E-state index contributed by atoms with van der Waals surface area (Å²) in [5.74, 6) is 1.29. The molecule has 1 amide bonds. The van der Waals surface area contributed by atoms with Gasteiger partial charge in [-0.15, -0.1) is 0 Å². The maximum Gasteiger partial charge on any atom is 0.224 e. The van der Waals surface area contributed by atoms with Gasteiger partial charge < -0.3 is 19.9 Å². The summed E-state index contributed by atoms with van der Waals surface area (Å²) in [5, 5.41) is 11.6. The minimum atomic E-state index is 0.00405. The van der Waals surface area contributed by atoms with Gasteiger partial charge in [0, 0.05) is 13.2 Å². The Bertz CT molecular complexity index is 434. The molecule has 1 aromatic rings. The summed E-state index contributed by atoms with van der Waals surface area (Å²) in [5.41, 5.74) is 0.894. The van der Waals surface area contributed by atoms with E-state index in [-0.39, 0.29) is 12.5 Å². The van der Waals surface area contributed by atoms with E-state index >= 15 is 0 Å². The molecule has 0 fully saturated rings. The largest absolute Gasteiger partial charge is 0.493 e. The lowest BCUT2D eigenvalue weighted by atomic mass is 10.1. The molecule has 0 atom stereocenters. The number of methoxy groups -OCH3 is 2. The minimum Gasteiger partial charge on any atom is -0.493 e. The van der Waals surface area contributed by atoms with Gasteiger partial charge in [-0.05, 0) is 30.5 Å². The molecule has 0 aliphatic carbocycles. The molecule has 0 saturated heterocycles. The molecular formula is C16H25NO4. The lowest BCUT2D eigenvalue weighted by Crippen LogP contribution is -2.26. The van der Waals surface area contributed by atoms with Crippen molar-refractivity contribution in [1.82, 2.24) is 5.32 Å². The van der Waals surface area contributed by atoms with Gasteiger partial charge in [-0.2, -0.15) is 0 Å². The summed E-state index contributed by atoms with van der Waals surface area (Å²) in [4.78, 5) is 11.8. The highest BCUT2D eigenvalue weighted by Crippen LogP contribution is 2.27. The van der Waals surface area contributed by atoms with Crippen LogP contribution in [0.25, 0.3) is 0 Å². The summed E-state index contributed by atoms with van der Waals surface area (Å²) in [6, 6.07) is 5.48. The van der Waals surface area contributed by atoms with Crippen molar-refractivity contribution in [3.05, 3.63) is 23.8 Å². The Kier molecular flexibility index (Phi) is 8.28. The third kappa shape index (κ3) is 6.49. The van der Waals surface area contributed by atoms with Crippen LogP contribution < -0.4 is 14.8 Å². The second-order valence-corrected chi connectivity index (χ2v) is 4.85. The summed E-state index contributed by atoms with van der Waals surface area (Å²) in [6.07, 6.45) is 4.13. The molecule has 0 aliphatic rings. The van der Waals surface area contributed by atoms with Crippen molar-refractivity contribution in [2.75, 3.05) is 27.4 Å². The number of ether oxygens (including phenoxy) is 2. The average molecular weight is 295 g/mol. The molecule has 0 heterocycles. The van der Waals surface area contributed by atoms with Crippen LogP contribution in [0.2, 0.25) is 0 Å². The van der Waals surface area contributed by atoms with E-state index in [1.807, 2.05) is 12.1 Å². The standard InChI is InChI=1S/C16H25NO4/c1-20-14-8-7-13(11-15(14)21-2)12-16(19)17-9-5-3-4-6-10-18/h7-8,11,18H,3-6,9-10,12H2,1-2H3,(H,17,19). The highest BCUT2D eigenvalue weighted by Gasteiger charge is 2.07. The zero-order valence-electron chi connectivity index (χ0n) is 12.9. The fourth-order valence-corrected chi connectivity index (χ4v) is 2.06. The predicted molar refractivity (Wildman–Crippen MR) is 81.8 cm³/mol. The monoisotopic (exact) mass is 295 g/mol. The molecule has 5 nitrogen and oxygen atoms in total. The third-order valence-electron chi connectivity index (χ3n) is 3.22. The van der Waals surface area contributed by atoms with Crippen LogP contribution in [-0.2, 0) is 11.2 Å². The van der Waals surface area contributed by atoms with Gasteiger partial charge in [0.25, 0.3) is 0 Å². The number of benzene rings is 1. The Morgan fingerprint density at radius 3 is 2.48 bits per heavy atom. The van der Waals surface area contributed by atoms with Crippen molar-refractivity contribution >= 4 is 5.91 Å². The van der Waals surface area contributed by atoms with E-state index in [4.69, 9.17) is 14.6 Å². The van der Waals surface area contributed by atoms with E-state index in [2.05, 4.69) is 5.32 Å². The van der Waals surface area contributed by atoms with Gasteiger partial charge in [0.15, 0.2) is 11.5 Å². The van der Waals surface area contributed by atoms with Crippen LogP contribution in [0.4, 0.5) is 0 Å². The van der Waals surface area contributed by atoms with E-state index in [1.54, 1.807) is 20.3 Å². The van der Waals surface area contributed by atoms with Crippen LogP contribution >= 0.6 is 0 Å². The van der Waals surface area contributed by atoms with Crippen molar-refractivity contribution in [1.29, 1.82) is 0 Å². The summed E-state index contributed by atoms with van der Waals surface area (Å²) >= 11 is 0. The molecular weight excluding hydrogens is 270 g/mol. The topological polar surface area (TPSA) is 67.8 Å². The highest BCUT2D eigenvalue weighted by molar-refractivity contribution is 5.78. The van der Waals surface area contributed by atoms with Crippen LogP contribution in [0, 0.1) is 0 Å². The number of unbranched alkanes of at least 4 members (excludes halogenated alkanes) is 3. The number of aliphatic hydroxyl groups excluding tert-OH is 1. The van der Waals surface area contributed by atoms with Gasteiger partial charge in [0.05, 0.1) is 20.6 Å². The molecule has 0 aromatic heterocycles. The van der Waals surface area contributed by atoms with Gasteiger partial charge in [-0.25, -0.2) is 0 Å². The number of rotatable bonds is 10. The third-order valence-corrected chi connectivity index (χ3v) is 3.22. The molecule has 0 aliphatic heterocycles. The van der Waals surface area contributed by atoms with Gasteiger partial charge >= 0.3 is 0 Å². The van der Waals surface area contributed by atoms with Gasteiger partial charge in [-0.3, -0.25) is 4.79 Å². The van der Waals surface area contributed by atoms with Crippen molar-refractivity contribution in [3.8, 4) is 11.5 Å². The van der Waals surface area contributed by atoms with E-state index in [0.29, 0.717) is 24.5 Å². The van der Waals surface area contributed by atoms with E-state index in [9.17, 15) is 4.79 Å². The van der Waals surface area contributed by atoms with Gasteiger partial charge in [-0.1, -0.05) is 18.9 Å². The molecule has 21 heavy (non-hydrogen) atoms. The molecule has 1 aromatic carbocycles. The first-order chi connectivity index (χ1) is 10.2. The molecule has 0 radical (unpaired) electrons. The summed E-state index contributed by atoms with van der Waals surface area (Å²) < 4.78 is 10.4. The lowest BCUT2D eigenvalue weighted by Gasteiger charge is -2.10. The SMILES string of the molecule is COc1ccc(CC(=O)NCCCCCCO)cc1OC. The molecule has 5 heteroatoms. The zero-order valence-corrected chi connectivity index (χ0v) is 12.9. The number of hydrogen-bond acceptors (Lipinski definition) is 4. The van der Waals surface area contributed by atoms with Crippen LogP contribution in [-0.4, -0.2) is 38.4 Å². The first-order valence-electron chi connectivity index (χ1n) is 7.29. The summed E-state index contributed by atoms with van der Waals surface area (Å²) in [6.45, 7) is 0.920. The number of carbonyl (C=O) groups excluding carboxylic acids is 1. The number of nitrogens with one attached hydrogen (secondary N) is 1. The molecule has 0 saturated carbocycles. The predicted octanol–water partition coefficient (Wildman–Crippen LogP) is 1.92. The van der Waals surface area contributed by atoms with Crippen LogP contribution in [0.15, 0.2) is 18.2 Å². The Morgan fingerprint density at radius 2 is 1.81 bits per heavy atom. The van der Waals surface area contributed by atoms with Crippen LogP contribution in [0.5, 0.6) is 11.5 Å². The molecule has 118 valence electrons. The van der Waals surface area contributed by atoms with Crippen molar-refractivity contribution in [2.45, 2.75) is 32.1 Å². The van der Waals surface area contributed by atoms with Crippen molar-refractivity contribution < 1.29 is 19.4 Å². The van der Waals surface area contributed by atoms with Gasteiger partial charge in [0.1, 0.15) is 0 Å². The Labute approximate surface area is 126 Å². The molecule has 0 unspecified atom stereocenters.